The van der Waals surface area contributed by atoms with E-state index in [0.29, 0.717) is 12.3 Å². The van der Waals surface area contributed by atoms with Crippen molar-refractivity contribution in [3.05, 3.63) is 60.5 Å². The zero-order chi connectivity index (χ0) is 22.4. The number of aromatic nitrogens is 4. The lowest BCUT2D eigenvalue weighted by molar-refractivity contribution is 0.281. The van der Waals surface area contributed by atoms with Gasteiger partial charge in [-0.2, -0.15) is 5.10 Å². The number of hydrogen-bond donors (Lipinski definition) is 1. The third-order valence-electron chi connectivity index (χ3n) is 5.28. The smallest absolute Gasteiger partial charge is 0.147 e. The van der Waals surface area contributed by atoms with Gasteiger partial charge in [0, 0.05) is 76.4 Å². The van der Waals surface area contributed by atoms with Gasteiger partial charge in [-0.15, -0.1) is 0 Å². The minimum absolute atomic E-state index is 0.325. The number of nitrogens with zero attached hydrogens (tertiary/aromatic N) is 7. The van der Waals surface area contributed by atoms with Crippen molar-refractivity contribution in [3.8, 4) is 0 Å². The molecule has 166 valence electrons. The maximum atomic E-state index is 5.87. The van der Waals surface area contributed by atoms with Crippen molar-refractivity contribution < 1.29 is 4.74 Å². The van der Waals surface area contributed by atoms with Crippen LogP contribution in [0.2, 0.25) is 0 Å². The van der Waals surface area contributed by atoms with Crippen molar-refractivity contribution in [3.63, 3.8) is 0 Å². The summed E-state index contributed by atoms with van der Waals surface area (Å²) in [6, 6.07) is 0. The Morgan fingerprint density at radius 1 is 1.19 bits per heavy atom. The van der Waals surface area contributed by atoms with Gasteiger partial charge < -0.3 is 25.2 Å². The second-order valence-corrected chi connectivity index (χ2v) is 7.53. The summed E-state index contributed by atoms with van der Waals surface area (Å²) in [6.07, 6.45) is 11.3. The number of ether oxygens (including phenoxy) is 1. The Hall–Kier alpha value is -3.33. The average Bonchev–Trinajstić information content (AvgIpc) is 3.22. The summed E-state index contributed by atoms with van der Waals surface area (Å²) in [5.41, 5.74) is 8.90. The summed E-state index contributed by atoms with van der Waals surface area (Å²) < 4.78 is 7.25. The molecule has 0 bridgehead atoms. The van der Waals surface area contributed by atoms with Crippen LogP contribution in [-0.4, -0.2) is 78.6 Å². The van der Waals surface area contributed by atoms with Crippen LogP contribution >= 0.6 is 0 Å². The average molecular weight is 425 g/mol. The first-order chi connectivity index (χ1) is 15.0. The Bertz CT molecular complexity index is 931. The van der Waals surface area contributed by atoms with Crippen LogP contribution in [0.5, 0.6) is 0 Å². The van der Waals surface area contributed by atoms with Gasteiger partial charge >= 0.3 is 0 Å². The molecule has 9 heteroatoms. The maximum absolute atomic E-state index is 5.87. The number of piperazine rings is 1. The molecular formula is C22H32N8O. The first-order valence-corrected chi connectivity index (χ1v) is 10.3. The molecule has 3 rings (SSSR count). The van der Waals surface area contributed by atoms with E-state index in [4.69, 9.17) is 10.5 Å². The highest BCUT2D eigenvalue weighted by atomic mass is 16.5. The monoisotopic (exact) mass is 424 g/mol. The molecule has 3 heterocycles. The number of allylic oxidation sites excluding steroid dienone is 3. The van der Waals surface area contributed by atoms with Gasteiger partial charge in [-0.3, -0.25) is 4.68 Å². The molecule has 2 aromatic heterocycles. The predicted octanol–water partition coefficient (Wildman–Crippen LogP) is 1.48. The van der Waals surface area contributed by atoms with Crippen LogP contribution < -0.4 is 15.5 Å². The fourth-order valence-electron chi connectivity index (χ4n) is 3.51. The molecule has 0 spiro atoms. The van der Waals surface area contributed by atoms with E-state index in [1.807, 2.05) is 56.8 Å². The van der Waals surface area contributed by atoms with Gasteiger partial charge in [-0.1, -0.05) is 12.7 Å². The summed E-state index contributed by atoms with van der Waals surface area (Å²) in [7, 11) is 7.46. The van der Waals surface area contributed by atoms with Crippen LogP contribution in [0.15, 0.2) is 55.0 Å². The lowest BCUT2D eigenvalue weighted by atomic mass is 10.0. The zero-order valence-electron chi connectivity index (χ0n) is 18.8. The summed E-state index contributed by atoms with van der Waals surface area (Å²) in [5.74, 6) is 2.45. The van der Waals surface area contributed by atoms with Gasteiger partial charge in [0.2, 0.25) is 0 Å². The number of methoxy groups -OCH3 is 1. The topological polar surface area (TPSA) is 88.6 Å². The molecule has 1 saturated heterocycles. The number of anilines is 2. The Kier molecular flexibility index (Phi) is 7.30. The summed E-state index contributed by atoms with van der Waals surface area (Å²) in [4.78, 5) is 15.6. The summed E-state index contributed by atoms with van der Waals surface area (Å²) >= 11 is 0. The fourth-order valence-corrected chi connectivity index (χ4v) is 3.51. The van der Waals surface area contributed by atoms with Crippen LogP contribution in [0.25, 0.3) is 5.57 Å². The molecule has 31 heavy (non-hydrogen) atoms. The molecule has 0 radical (unpaired) electrons. The Morgan fingerprint density at radius 3 is 2.42 bits per heavy atom. The first kappa shape index (κ1) is 22.4. The second kappa shape index (κ2) is 10.1. The normalized spacial score (nSPS) is 15.6. The van der Waals surface area contributed by atoms with E-state index in [9.17, 15) is 0 Å². The molecule has 0 saturated carbocycles. The molecule has 1 fully saturated rings. The summed E-state index contributed by atoms with van der Waals surface area (Å²) in [6.45, 7) is 7.68. The van der Waals surface area contributed by atoms with Crippen LogP contribution in [0.3, 0.4) is 0 Å². The molecular weight excluding hydrogens is 392 g/mol. The molecule has 2 N–H and O–H groups in total. The Labute approximate surface area is 184 Å². The van der Waals surface area contributed by atoms with Gasteiger partial charge in [-0.25, -0.2) is 9.97 Å². The van der Waals surface area contributed by atoms with E-state index in [1.54, 1.807) is 18.0 Å². The number of nitrogens with two attached hydrogens (primary N) is 1. The van der Waals surface area contributed by atoms with Crippen molar-refractivity contribution in [2.75, 3.05) is 63.7 Å². The van der Waals surface area contributed by atoms with Gasteiger partial charge in [0.25, 0.3) is 0 Å². The van der Waals surface area contributed by atoms with E-state index in [0.717, 1.165) is 54.6 Å². The lowest BCUT2D eigenvalue weighted by Gasteiger charge is -2.38. The highest BCUT2D eigenvalue weighted by molar-refractivity contribution is 5.77. The van der Waals surface area contributed by atoms with Gasteiger partial charge in [0.05, 0.1) is 32.2 Å². The van der Waals surface area contributed by atoms with Crippen LogP contribution in [0, 0.1) is 0 Å². The maximum Gasteiger partial charge on any atom is 0.147 e. The van der Waals surface area contributed by atoms with Crippen LogP contribution in [0.1, 0.15) is 5.56 Å². The van der Waals surface area contributed by atoms with E-state index >= 15 is 0 Å². The Balaban J connectivity index is 1.85. The number of hydrogen-bond acceptors (Lipinski definition) is 8. The number of rotatable bonds is 8. The first-order valence-electron chi connectivity index (χ1n) is 10.3. The molecule has 0 aromatic carbocycles. The van der Waals surface area contributed by atoms with Crippen molar-refractivity contribution >= 4 is 17.2 Å². The third kappa shape index (κ3) is 5.24. The minimum atomic E-state index is 0.325. The summed E-state index contributed by atoms with van der Waals surface area (Å²) in [5, 5.41) is 4.32. The molecule has 9 nitrogen and oxygen atoms in total. The standard InChI is InChI=1S/C22H32N8O/c1-6-19(17-13-26-28(4)16-17)20(11-18(12-23)31-5)29-7-9-30(10-8-29)22-15-24-21(14-25-22)27(2)3/h6,11,13-16H,1,7-10,12,23H2,2-5H3/b18-11+,20-19-. The molecule has 0 amide bonds. The van der Waals surface area contributed by atoms with E-state index < -0.39 is 0 Å². The van der Waals surface area contributed by atoms with Crippen molar-refractivity contribution in [1.29, 1.82) is 0 Å². The highest BCUT2D eigenvalue weighted by Crippen LogP contribution is 2.26. The number of aryl methyl sites for hydroxylation is 1. The molecule has 1 aliphatic rings. The lowest BCUT2D eigenvalue weighted by Crippen LogP contribution is -2.46. The largest absolute Gasteiger partial charge is 0.500 e. The van der Waals surface area contributed by atoms with Crippen LogP contribution in [0.4, 0.5) is 11.6 Å². The van der Waals surface area contributed by atoms with Gasteiger partial charge in [0.15, 0.2) is 0 Å². The third-order valence-corrected chi connectivity index (χ3v) is 5.28. The quantitative estimate of drug-likeness (QED) is 0.504. The van der Waals surface area contributed by atoms with Crippen molar-refractivity contribution in [1.82, 2.24) is 24.6 Å². The van der Waals surface area contributed by atoms with Gasteiger partial charge in [0.1, 0.15) is 17.4 Å². The molecule has 0 aliphatic carbocycles. The SMILES string of the molecule is C=C/C(=C(\C=C(/CN)OC)N1CCN(c2cnc(N(C)C)cn2)CC1)c1cnn(C)c1. The molecule has 1 aliphatic heterocycles. The zero-order valence-corrected chi connectivity index (χ0v) is 18.8. The Morgan fingerprint density at radius 2 is 1.94 bits per heavy atom. The highest BCUT2D eigenvalue weighted by Gasteiger charge is 2.22. The predicted molar refractivity (Wildman–Crippen MR) is 125 cm³/mol. The van der Waals surface area contributed by atoms with E-state index in [1.165, 1.54) is 0 Å². The van der Waals surface area contributed by atoms with E-state index in [-0.39, 0.29) is 0 Å². The molecule has 2 aromatic rings. The minimum Gasteiger partial charge on any atom is -0.500 e. The molecule has 0 unspecified atom stereocenters. The fraction of sp³-hybridized carbons (Fsp3) is 0.409. The second-order valence-electron chi connectivity index (χ2n) is 7.53. The van der Waals surface area contributed by atoms with E-state index in [2.05, 4.69) is 31.4 Å². The van der Waals surface area contributed by atoms with Gasteiger partial charge in [-0.05, 0) is 0 Å². The van der Waals surface area contributed by atoms with Crippen molar-refractivity contribution in [2.24, 2.45) is 12.8 Å². The van der Waals surface area contributed by atoms with Crippen molar-refractivity contribution in [2.45, 2.75) is 0 Å². The molecule has 0 atom stereocenters. The van der Waals surface area contributed by atoms with Crippen LogP contribution in [-0.2, 0) is 11.8 Å².